The Morgan fingerprint density at radius 1 is 1.21 bits per heavy atom. The van der Waals surface area contributed by atoms with E-state index in [1.54, 1.807) is 0 Å². The van der Waals surface area contributed by atoms with Crippen molar-refractivity contribution in [3.63, 3.8) is 0 Å². The minimum atomic E-state index is 0.193. The monoisotopic (exact) mass is 285 g/mol. The van der Waals surface area contributed by atoms with Gasteiger partial charge >= 0.3 is 0 Å². The normalized spacial score (nSPS) is 14.4. The summed E-state index contributed by atoms with van der Waals surface area (Å²) in [4.78, 5) is 12.2. The molecule has 0 spiro atoms. The fourth-order valence-electron chi connectivity index (χ4n) is 1.58. The van der Waals surface area contributed by atoms with Crippen LogP contribution >= 0.6 is 11.6 Å². The molecule has 7 heteroatoms. The largest absolute Gasteiger partial charge is 0.381 e. The molecule has 1 aliphatic rings. The van der Waals surface area contributed by atoms with Crippen molar-refractivity contribution in [2.24, 2.45) is 5.92 Å². The predicted octanol–water partition coefficient (Wildman–Crippen LogP) is 2.19. The summed E-state index contributed by atoms with van der Waals surface area (Å²) in [6, 6.07) is 0. The number of nitrogens with one attached hydrogen (secondary N) is 2. The lowest BCUT2D eigenvalue weighted by atomic mass is 10.4. The summed E-state index contributed by atoms with van der Waals surface area (Å²) in [6.45, 7) is 5.15. The number of rotatable bonds is 9. The van der Waals surface area contributed by atoms with Gasteiger partial charge in [0, 0.05) is 26.3 Å². The van der Waals surface area contributed by atoms with E-state index in [0.29, 0.717) is 11.9 Å². The van der Waals surface area contributed by atoms with Crippen molar-refractivity contribution in [3.8, 4) is 0 Å². The quantitative estimate of drug-likeness (QED) is 0.678. The molecule has 1 aromatic rings. The smallest absolute Gasteiger partial charge is 0.228 e. The van der Waals surface area contributed by atoms with Gasteiger partial charge in [-0.3, -0.25) is 0 Å². The summed E-state index contributed by atoms with van der Waals surface area (Å²) < 4.78 is 5.55. The van der Waals surface area contributed by atoms with Crippen LogP contribution in [0.3, 0.4) is 0 Å². The average Bonchev–Trinajstić information content (AvgIpc) is 3.17. The molecule has 6 nitrogen and oxygen atoms in total. The third-order valence-corrected chi connectivity index (χ3v) is 2.91. The Labute approximate surface area is 118 Å². The van der Waals surface area contributed by atoms with Crippen molar-refractivity contribution in [1.82, 2.24) is 15.0 Å². The molecule has 0 aliphatic heterocycles. The average molecular weight is 286 g/mol. The molecular formula is C12H20ClN5O. The maximum absolute atomic E-state index is 5.82. The molecule has 106 valence electrons. The van der Waals surface area contributed by atoms with Crippen molar-refractivity contribution < 1.29 is 4.74 Å². The van der Waals surface area contributed by atoms with E-state index >= 15 is 0 Å². The summed E-state index contributed by atoms with van der Waals surface area (Å²) in [7, 11) is 0. The van der Waals surface area contributed by atoms with Crippen molar-refractivity contribution in [1.29, 1.82) is 0 Å². The highest BCUT2D eigenvalue weighted by molar-refractivity contribution is 6.28. The molecule has 0 atom stereocenters. The molecule has 1 fully saturated rings. The van der Waals surface area contributed by atoms with Crippen LogP contribution in [-0.4, -0.2) is 41.3 Å². The van der Waals surface area contributed by atoms with Crippen molar-refractivity contribution in [2.45, 2.75) is 26.2 Å². The van der Waals surface area contributed by atoms with Gasteiger partial charge < -0.3 is 15.4 Å². The summed E-state index contributed by atoms with van der Waals surface area (Å²) in [5, 5.41) is 6.32. The fraction of sp³-hybridized carbons (Fsp3) is 0.750. The number of ether oxygens (including phenoxy) is 1. The standard InChI is InChI=1S/C12H20ClN5O/c1-2-14-11-16-10(13)17-12(18-11)15-6-3-7-19-8-9-4-5-9/h9H,2-8H2,1H3,(H2,14,15,16,17,18). The van der Waals surface area contributed by atoms with Crippen molar-refractivity contribution in [2.75, 3.05) is 36.9 Å². The molecule has 2 N–H and O–H groups in total. The Morgan fingerprint density at radius 2 is 1.95 bits per heavy atom. The second-order valence-corrected chi connectivity index (χ2v) is 4.92. The van der Waals surface area contributed by atoms with Gasteiger partial charge in [0.05, 0.1) is 0 Å². The molecule has 0 aromatic carbocycles. The Balaban J connectivity index is 1.65. The molecule has 1 saturated carbocycles. The number of nitrogens with zero attached hydrogens (tertiary/aromatic N) is 3. The highest BCUT2D eigenvalue weighted by Gasteiger charge is 2.20. The van der Waals surface area contributed by atoms with Gasteiger partial charge in [-0.25, -0.2) is 0 Å². The first-order valence-corrected chi connectivity index (χ1v) is 7.12. The second-order valence-electron chi connectivity index (χ2n) is 4.58. The molecule has 0 amide bonds. The molecule has 0 radical (unpaired) electrons. The van der Waals surface area contributed by atoms with E-state index < -0.39 is 0 Å². The first-order chi connectivity index (χ1) is 9.28. The van der Waals surface area contributed by atoms with Gasteiger partial charge in [-0.1, -0.05) is 0 Å². The molecule has 1 aliphatic carbocycles. The Bertz CT molecular complexity index is 400. The van der Waals surface area contributed by atoms with E-state index in [1.165, 1.54) is 12.8 Å². The highest BCUT2D eigenvalue weighted by Crippen LogP contribution is 2.28. The molecule has 0 saturated heterocycles. The molecule has 0 unspecified atom stereocenters. The van der Waals surface area contributed by atoms with Gasteiger partial charge in [-0.2, -0.15) is 15.0 Å². The number of aromatic nitrogens is 3. The van der Waals surface area contributed by atoms with E-state index in [1.807, 2.05) is 6.92 Å². The topological polar surface area (TPSA) is 72.0 Å². The van der Waals surface area contributed by atoms with E-state index in [9.17, 15) is 0 Å². The van der Waals surface area contributed by atoms with Gasteiger partial charge in [0.1, 0.15) is 0 Å². The van der Waals surface area contributed by atoms with E-state index in [0.717, 1.165) is 38.6 Å². The summed E-state index contributed by atoms with van der Waals surface area (Å²) in [5.41, 5.74) is 0. The van der Waals surface area contributed by atoms with Crippen molar-refractivity contribution >= 4 is 23.5 Å². The van der Waals surface area contributed by atoms with Gasteiger partial charge in [-0.15, -0.1) is 0 Å². The minimum Gasteiger partial charge on any atom is -0.381 e. The fourth-order valence-corrected chi connectivity index (χ4v) is 1.74. The van der Waals surface area contributed by atoms with Gasteiger partial charge in [0.25, 0.3) is 0 Å². The van der Waals surface area contributed by atoms with Gasteiger partial charge in [0.15, 0.2) is 0 Å². The third-order valence-electron chi connectivity index (χ3n) is 2.74. The number of halogens is 1. The third kappa shape index (κ3) is 5.57. The maximum atomic E-state index is 5.82. The zero-order chi connectivity index (χ0) is 13.5. The first kappa shape index (κ1) is 14.3. The van der Waals surface area contributed by atoms with Crippen LogP contribution in [0.25, 0.3) is 0 Å². The molecule has 1 heterocycles. The Hall–Kier alpha value is -1.14. The zero-order valence-corrected chi connectivity index (χ0v) is 11.9. The van der Waals surface area contributed by atoms with Crippen LogP contribution in [-0.2, 0) is 4.74 Å². The SMILES string of the molecule is CCNc1nc(Cl)nc(NCCCOCC2CC2)n1. The molecule has 0 bridgehead atoms. The van der Waals surface area contributed by atoms with E-state index in [4.69, 9.17) is 16.3 Å². The lowest BCUT2D eigenvalue weighted by Gasteiger charge is -2.07. The van der Waals surface area contributed by atoms with Crippen LogP contribution in [0.4, 0.5) is 11.9 Å². The Kier molecular flexibility index (Phi) is 5.60. The Morgan fingerprint density at radius 3 is 2.63 bits per heavy atom. The van der Waals surface area contributed by atoms with Crippen LogP contribution in [0.2, 0.25) is 5.28 Å². The summed E-state index contributed by atoms with van der Waals surface area (Å²) in [6.07, 6.45) is 3.58. The molecule has 2 rings (SSSR count). The number of anilines is 2. The van der Waals surface area contributed by atoms with Crippen LogP contribution in [0.15, 0.2) is 0 Å². The van der Waals surface area contributed by atoms with Crippen LogP contribution in [0, 0.1) is 5.92 Å². The molecule has 19 heavy (non-hydrogen) atoms. The van der Waals surface area contributed by atoms with E-state index in [2.05, 4.69) is 25.6 Å². The van der Waals surface area contributed by atoms with Crippen molar-refractivity contribution in [3.05, 3.63) is 5.28 Å². The lowest BCUT2D eigenvalue weighted by molar-refractivity contribution is 0.124. The summed E-state index contributed by atoms with van der Waals surface area (Å²) >= 11 is 5.82. The van der Waals surface area contributed by atoms with Gasteiger partial charge in [-0.05, 0) is 43.7 Å². The zero-order valence-electron chi connectivity index (χ0n) is 11.2. The second kappa shape index (κ2) is 7.45. The highest BCUT2D eigenvalue weighted by atomic mass is 35.5. The number of hydrogen-bond donors (Lipinski definition) is 2. The van der Waals surface area contributed by atoms with E-state index in [-0.39, 0.29) is 5.28 Å². The van der Waals surface area contributed by atoms with Gasteiger partial charge in [0.2, 0.25) is 17.2 Å². The van der Waals surface area contributed by atoms with Crippen LogP contribution in [0.5, 0.6) is 0 Å². The lowest BCUT2D eigenvalue weighted by Crippen LogP contribution is -2.11. The minimum absolute atomic E-state index is 0.193. The molecular weight excluding hydrogens is 266 g/mol. The predicted molar refractivity (Wildman–Crippen MR) is 75.7 cm³/mol. The number of hydrogen-bond acceptors (Lipinski definition) is 6. The maximum Gasteiger partial charge on any atom is 0.228 e. The first-order valence-electron chi connectivity index (χ1n) is 6.75. The van der Waals surface area contributed by atoms with Crippen LogP contribution in [0.1, 0.15) is 26.2 Å². The summed E-state index contributed by atoms with van der Waals surface area (Å²) in [5.74, 6) is 1.81. The van der Waals surface area contributed by atoms with Crippen LogP contribution < -0.4 is 10.6 Å². The molecule has 1 aromatic heterocycles.